The lowest BCUT2D eigenvalue weighted by molar-refractivity contribution is -0.118. The van der Waals surface area contributed by atoms with E-state index >= 15 is 0 Å². The largest absolute Gasteiger partial charge is 0.304 e. The van der Waals surface area contributed by atoms with Crippen molar-refractivity contribution in [1.29, 1.82) is 0 Å². The summed E-state index contributed by atoms with van der Waals surface area (Å²) in [4.78, 5) is 21.4. The number of halogens is 1. The summed E-state index contributed by atoms with van der Waals surface area (Å²) in [6, 6.07) is 13.8. The van der Waals surface area contributed by atoms with E-state index in [0.29, 0.717) is 28.9 Å². The highest BCUT2D eigenvalue weighted by Crippen LogP contribution is 2.26. The summed E-state index contributed by atoms with van der Waals surface area (Å²) >= 11 is 1.38. The van der Waals surface area contributed by atoms with Gasteiger partial charge >= 0.3 is 0 Å². The van der Waals surface area contributed by atoms with Crippen LogP contribution in [0.25, 0.3) is 5.69 Å². The van der Waals surface area contributed by atoms with E-state index in [-0.39, 0.29) is 17.0 Å². The van der Waals surface area contributed by atoms with E-state index in [0.717, 1.165) is 11.3 Å². The van der Waals surface area contributed by atoms with E-state index in [9.17, 15) is 9.18 Å². The summed E-state index contributed by atoms with van der Waals surface area (Å²) in [5, 5.41) is 7.43. The van der Waals surface area contributed by atoms with Gasteiger partial charge in [-0.2, -0.15) is 5.10 Å². The van der Waals surface area contributed by atoms with Crippen molar-refractivity contribution < 1.29 is 9.18 Å². The highest BCUT2D eigenvalue weighted by atomic mass is 32.2. The van der Waals surface area contributed by atoms with Gasteiger partial charge in [-0.25, -0.2) is 19.0 Å². The minimum atomic E-state index is -0.355. The topological polar surface area (TPSA) is 72.2 Å². The van der Waals surface area contributed by atoms with Gasteiger partial charge in [0.05, 0.1) is 16.6 Å². The summed E-state index contributed by atoms with van der Waals surface area (Å²) in [6.45, 7) is 3.80. The molecule has 1 saturated heterocycles. The van der Waals surface area contributed by atoms with Crippen molar-refractivity contribution in [1.82, 2.24) is 20.1 Å². The number of amidine groups is 1. The molecule has 1 aromatic heterocycles. The number of amides is 1. The first-order valence-corrected chi connectivity index (χ1v) is 9.67. The maximum Gasteiger partial charge on any atom is 0.239 e. The van der Waals surface area contributed by atoms with Crippen molar-refractivity contribution >= 4 is 28.5 Å². The Balaban J connectivity index is 1.54. The second-order valence-corrected chi connectivity index (χ2v) is 7.71. The predicted molar refractivity (Wildman–Crippen MR) is 108 cm³/mol. The maximum atomic E-state index is 13.2. The quantitative estimate of drug-likeness (QED) is 0.734. The van der Waals surface area contributed by atoms with Crippen LogP contribution in [0.2, 0.25) is 0 Å². The van der Waals surface area contributed by atoms with Gasteiger partial charge in [0.2, 0.25) is 5.91 Å². The Morgan fingerprint density at radius 3 is 2.57 bits per heavy atom. The molecule has 1 fully saturated rings. The molecular formula is C20H18FN5OS. The van der Waals surface area contributed by atoms with Crippen LogP contribution in [0.3, 0.4) is 0 Å². The van der Waals surface area contributed by atoms with E-state index in [1.165, 1.54) is 23.9 Å². The lowest BCUT2D eigenvalue weighted by atomic mass is 10.2. The van der Waals surface area contributed by atoms with Crippen molar-refractivity contribution in [3.8, 4) is 5.69 Å². The fraction of sp³-hybridized carbons (Fsp3) is 0.200. The lowest BCUT2D eigenvalue weighted by Gasteiger charge is -2.08. The molecule has 1 amide bonds. The molecule has 2 aromatic carbocycles. The van der Waals surface area contributed by atoms with E-state index < -0.39 is 0 Å². The number of aryl methyl sites for hydroxylation is 2. The summed E-state index contributed by atoms with van der Waals surface area (Å²) < 4.78 is 14.9. The standard InChI is InChI=1S/C20H18FN5OS/c1-12-3-7-15(8-4-12)23-20-24-19(27)17(28-20)11-18-22-13(2)25-26(18)16-9-5-14(21)6-10-16/h3-10,17H,11H2,1-2H3,(H,23,24,27)/t17-/m0/s1. The van der Waals surface area contributed by atoms with Crippen molar-refractivity contribution in [3.05, 3.63) is 71.6 Å². The molecule has 1 N–H and O–H groups in total. The molecule has 28 heavy (non-hydrogen) atoms. The number of hydrogen-bond donors (Lipinski definition) is 1. The van der Waals surface area contributed by atoms with Crippen LogP contribution in [0.1, 0.15) is 17.2 Å². The number of nitrogens with zero attached hydrogens (tertiary/aromatic N) is 4. The Hall–Kier alpha value is -3.00. The number of carbonyl (C=O) groups excluding carboxylic acids is 1. The van der Waals surface area contributed by atoms with Crippen molar-refractivity contribution in [2.24, 2.45) is 4.99 Å². The van der Waals surface area contributed by atoms with Crippen LogP contribution in [0.15, 0.2) is 53.5 Å². The van der Waals surface area contributed by atoms with Gasteiger partial charge < -0.3 is 5.32 Å². The molecule has 1 atom stereocenters. The highest BCUT2D eigenvalue weighted by Gasteiger charge is 2.32. The number of benzene rings is 2. The summed E-state index contributed by atoms with van der Waals surface area (Å²) in [5.41, 5.74) is 2.65. The van der Waals surface area contributed by atoms with Gasteiger partial charge in [0.1, 0.15) is 17.5 Å². The molecule has 2 heterocycles. The van der Waals surface area contributed by atoms with Gasteiger partial charge in [0.25, 0.3) is 0 Å². The van der Waals surface area contributed by atoms with E-state index in [1.54, 1.807) is 23.7 Å². The molecule has 8 heteroatoms. The van der Waals surface area contributed by atoms with Gasteiger partial charge in [-0.15, -0.1) is 0 Å². The van der Waals surface area contributed by atoms with E-state index in [4.69, 9.17) is 0 Å². The maximum absolute atomic E-state index is 13.2. The lowest BCUT2D eigenvalue weighted by Crippen LogP contribution is -2.26. The van der Waals surface area contributed by atoms with E-state index in [2.05, 4.69) is 20.4 Å². The molecule has 4 rings (SSSR count). The summed E-state index contributed by atoms with van der Waals surface area (Å²) in [6.07, 6.45) is 0.391. The van der Waals surface area contributed by atoms with Gasteiger partial charge in [0.15, 0.2) is 5.17 Å². The number of rotatable bonds is 4. The number of aliphatic imine (C=N–C) groups is 1. The highest BCUT2D eigenvalue weighted by molar-refractivity contribution is 8.15. The van der Waals surface area contributed by atoms with Crippen LogP contribution < -0.4 is 5.32 Å². The van der Waals surface area contributed by atoms with Crippen molar-refractivity contribution in [2.45, 2.75) is 25.5 Å². The van der Waals surface area contributed by atoms with Gasteiger partial charge in [-0.05, 0) is 50.2 Å². The first-order valence-electron chi connectivity index (χ1n) is 8.79. The first-order chi connectivity index (χ1) is 13.5. The van der Waals surface area contributed by atoms with E-state index in [1.807, 2.05) is 31.2 Å². The monoisotopic (exact) mass is 395 g/mol. The minimum absolute atomic E-state index is 0.109. The minimum Gasteiger partial charge on any atom is -0.304 e. The molecule has 0 radical (unpaired) electrons. The molecule has 0 saturated carbocycles. The van der Waals surface area contributed by atoms with Crippen LogP contribution >= 0.6 is 11.8 Å². The molecule has 1 aliphatic rings. The second kappa shape index (κ2) is 7.55. The average Bonchev–Trinajstić information content (AvgIpc) is 3.20. The molecule has 0 unspecified atom stereocenters. The predicted octanol–water partition coefficient (Wildman–Crippen LogP) is 3.49. The van der Waals surface area contributed by atoms with Gasteiger partial charge in [-0.3, -0.25) is 4.79 Å². The van der Waals surface area contributed by atoms with Crippen LogP contribution in [0.4, 0.5) is 10.1 Å². The number of hydrogen-bond acceptors (Lipinski definition) is 5. The first kappa shape index (κ1) is 18.4. The van der Waals surface area contributed by atoms with Crippen LogP contribution in [0, 0.1) is 19.7 Å². The fourth-order valence-corrected chi connectivity index (χ4v) is 3.86. The number of thioether (sulfide) groups is 1. The third-order valence-electron chi connectivity index (χ3n) is 4.26. The van der Waals surface area contributed by atoms with Crippen molar-refractivity contribution in [2.75, 3.05) is 0 Å². The zero-order valence-corrected chi connectivity index (χ0v) is 16.2. The normalized spacial score (nSPS) is 17.9. The third-order valence-corrected chi connectivity index (χ3v) is 5.34. The molecule has 3 aromatic rings. The summed E-state index contributed by atoms with van der Waals surface area (Å²) in [7, 11) is 0. The van der Waals surface area contributed by atoms with Crippen LogP contribution in [-0.2, 0) is 11.2 Å². The van der Waals surface area contributed by atoms with Gasteiger partial charge in [0, 0.05) is 6.42 Å². The van der Waals surface area contributed by atoms with Crippen molar-refractivity contribution in [3.63, 3.8) is 0 Å². The zero-order valence-electron chi connectivity index (χ0n) is 15.4. The Morgan fingerprint density at radius 1 is 1.14 bits per heavy atom. The van der Waals surface area contributed by atoms with Crippen LogP contribution in [-0.4, -0.2) is 31.1 Å². The Bertz CT molecular complexity index is 1040. The molecule has 6 nitrogen and oxygen atoms in total. The molecular weight excluding hydrogens is 377 g/mol. The number of nitrogens with one attached hydrogen (secondary N) is 1. The molecule has 142 valence electrons. The number of carbonyl (C=O) groups is 1. The van der Waals surface area contributed by atoms with Gasteiger partial charge in [-0.1, -0.05) is 29.5 Å². The Labute approximate surface area is 165 Å². The SMILES string of the molecule is Cc1ccc(N=C2NC(=O)[C@H](Cc3nc(C)nn3-c3ccc(F)cc3)S2)cc1. The zero-order chi connectivity index (χ0) is 19.7. The third kappa shape index (κ3) is 3.96. The Morgan fingerprint density at radius 2 is 1.86 bits per heavy atom. The second-order valence-electron chi connectivity index (χ2n) is 6.52. The Kier molecular flexibility index (Phi) is 4.95. The smallest absolute Gasteiger partial charge is 0.239 e. The molecule has 1 aliphatic heterocycles. The number of aromatic nitrogens is 3. The van der Waals surface area contributed by atoms with Crippen LogP contribution in [0.5, 0.6) is 0 Å². The summed E-state index contributed by atoms with van der Waals surface area (Å²) in [5.74, 6) is 0.816. The molecule has 0 aliphatic carbocycles. The molecule has 0 bridgehead atoms. The fourth-order valence-electron chi connectivity index (χ4n) is 2.87. The average molecular weight is 395 g/mol. The molecule has 0 spiro atoms.